The van der Waals surface area contributed by atoms with E-state index in [9.17, 15) is 14.4 Å². The Kier molecular flexibility index (Phi) is 5.06. The van der Waals surface area contributed by atoms with Crippen molar-refractivity contribution in [1.29, 1.82) is 0 Å². The van der Waals surface area contributed by atoms with Crippen LogP contribution in [0.2, 0.25) is 0 Å². The number of aryl methyl sites for hydroxylation is 1. The first-order valence-corrected chi connectivity index (χ1v) is 8.51. The summed E-state index contributed by atoms with van der Waals surface area (Å²) >= 11 is 0. The van der Waals surface area contributed by atoms with Gasteiger partial charge in [-0.1, -0.05) is 12.1 Å². The molecular formula is C19H22N4O3. The Morgan fingerprint density at radius 3 is 2.50 bits per heavy atom. The molecule has 0 spiro atoms. The molecule has 7 heteroatoms. The predicted molar refractivity (Wildman–Crippen MR) is 96.7 cm³/mol. The van der Waals surface area contributed by atoms with E-state index in [1.165, 1.54) is 4.90 Å². The van der Waals surface area contributed by atoms with Gasteiger partial charge in [0, 0.05) is 37.9 Å². The van der Waals surface area contributed by atoms with Gasteiger partial charge >= 0.3 is 0 Å². The summed E-state index contributed by atoms with van der Waals surface area (Å²) in [7, 11) is 1.85. The monoisotopic (exact) mass is 354 g/mol. The van der Waals surface area contributed by atoms with Gasteiger partial charge in [-0.3, -0.25) is 14.4 Å². The topological polar surface area (TPSA) is 83.4 Å². The van der Waals surface area contributed by atoms with Crippen LogP contribution in [0.25, 0.3) is 0 Å². The van der Waals surface area contributed by atoms with Crippen LogP contribution in [0, 0.1) is 6.92 Å². The highest BCUT2D eigenvalue weighted by atomic mass is 16.2. The number of piperazine rings is 1. The van der Waals surface area contributed by atoms with Crippen molar-refractivity contribution in [3.63, 3.8) is 0 Å². The Bertz CT molecular complexity index is 839. The number of hydrogen-bond acceptors (Lipinski definition) is 3. The van der Waals surface area contributed by atoms with E-state index in [1.54, 1.807) is 18.2 Å². The lowest BCUT2D eigenvalue weighted by atomic mass is 10.1. The molecule has 2 heterocycles. The predicted octanol–water partition coefficient (Wildman–Crippen LogP) is 0.836. The number of rotatable bonds is 4. The molecule has 1 aliphatic rings. The highest BCUT2D eigenvalue weighted by molar-refractivity contribution is 5.97. The number of aromatic nitrogens is 1. The molecule has 1 fully saturated rings. The lowest BCUT2D eigenvalue weighted by Crippen LogP contribution is -2.49. The quantitative estimate of drug-likeness (QED) is 0.853. The van der Waals surface area contributed by atoms with Gasteiger partial charge in [0.25, 0.3) is 11.8 Å². The van der Waals surface area contributed by atoms with Crippen LogP contribution >= 0.6 is 0 Å². The van der Waals surface area contributed by atoms with E-state index >= 15 is 0 Å². The van der Waals surface area contributed by atoms with Crippen LogP contribution in [0.15, 0.2) is 36.4 Å². The molecule has 0 radical (unpaired) electrons. The normalized spacial score (nSPS) is 14.1. The average molecular weight is 354 g/mol. The summed E-state index contributed by atoms with van der Waals surface area (Å²) in [6.45, 7) is 3.40. The van der Waals surface area contributed by atoms with Crippen LogP contribution in [0.5, 0.6) is 0 Å². The fraction of sp³-hybridized carbons (Fsp3) is 0.316. The summed E-state index contributed by atoms with van der Waals surface area (Å²) in [5, 5.41) is 5.58. The molecule has 136 valence electrons. The molecule has 1 aliphatic heterocycles. The van der Waals surface area contributed by atoms with Gasteiger partial charge in [0.2, 0.25) is 5.91 Å². The Hall–Kier alpha value is -3.09. The molecule has 2 N–H and O–H groups in total. The maximum absolute atomic E-state index is 12.4. The fourth-order valence-electron chi connectivity index (χ4n) is 2.87. The first-order chi connectivity index (χ1) is 12.5. The molecule has 1 aromatic heterocycles. The number of nitrogens with zero attached hydrogens (tertiary/aromatic N) is 2. The van der Waals surface area contributed by atoms with Crippen LogP contribution in [0.4, 0.5) is 0 Å². The minimum absolute atomic E-state index is 0.0900. The third kappa shape index (κ3) is 3.77. The number of amides is 3. The maximum atomic E-state index is 12.4. The van der Waals surface area contributed by atoms with Crippen molar-refractivity contribution in [1.82, 2.24) is 20.1 Å². The highest BCUT2D eigenvalue weighted by Gasteiger charge is 2.22. The van der Waals surface area contributed by atoms with Crippen molar-refractivity contribution in [2.45, 2.75) is 13.5 Å². The smallest absolute Gasteiger partial charge is 0.268 e. The molecule has 3 rings (SSSR count). The first-order valence-electron chi connectivity index (χ1n) is 8.51. The van der Waals surface area contributed by atoms with Crippen LogP contribution < -0.4 is 10.6 Å². The van der Waals surface area contributed by atoms with Gasteiger partial charge < -0.3 is 20.1 Å². The highest BCUT2D eigenvalue weighted by Crippen LogP contribution is 2.10. The van der Waals surface area contributed by atoms with E-state index in [4.69, 9.17) is 0 Å². The van der Waals surface area contributed by atoms with E-state index in [1.807, 2.05) is 36.7 Å². The van der Waals surface area contributed by atoms with Crippen LogP contribution in [-0.2, 0) is 18.4 Å². The summed E-state index contributed by atoms with van der Waals surface area (Å²) in [4.78, 5) is 37.6. The average Bonchev–Trinajstić information content (AvgIpc) is 2.98. The van der Waals surface area contributed by atoms with Crippen molar-refractivity contribution in [3.8, 4) is 0 Å². The fourth-order valence-corrected chi connectivity index (χ4v) is 2.87. The van der Waals surface area contributed by atoms with E-state index in [0.29, 0.717) is 30.9 Å². The molecule has 1 saturated heterocycles. The second-order valence-corrected chi connectivity index (χ2v) is 6.38. The minimum atomic E-state index is -0.158. The Morgan fingerprint density at radius 2 is 1.88 bits per heavy atom. The van der Waals surface area contributed by atoms with E-state index in [-0.39, 0.29) is 24.3 Å². The number of carbonyl (C=O) groups excluding carboxylic acids is 3. The summed E-state index contributed by atoms with van der Waals surface area (Å²) in [6.07, 6.45) is 0. The maximum Gasteiger partial charge on any atom is 0.268 e. The van der Waals surface area contributed by atoms with Gasteiger partial charge in [0.05, 0.1) is 6.54 Å². The van der Waals surface area contributed by atoms with Crippen LogP contribution in [0.3, 0.4) is 0 Å². The van der Waals surface area contributed by atoms with Crippen molar-refractivity contribution in [2.24, 2.45) is 7.05 Å². The van der Waals surface area contributed by atoms with Crippen LogP contribution in [-0.4, -0.2) is 46.8 Å². The van der Waals surface area contributed by atoms with E-state index < -0.39 is 0 Å². The molecule has 26 heavy (non-hydrogen) atoms. The molecule has 0 bridgehead atoms. The lowest BCUT2D eigenvalue weighted by molar-refractivity contribution is -0.123. The number of hydrogen-bond donors (Lipinski definition) is 2. The second-order valence-electron chi connectivity index (χ2n) is 6.38. The van der Waals surface area contributed by atoms with Crippen molar-refractivity contribution >= 4 is 17.7 Å². The third-order valence-electron chi connectivity index (χ3n) is 4.58. The largest absolute Gasteiger partial charge is 0.353 e. The molecule has 1 aromatic carbocycles. The Labute approximate surface area is 152 Å². The van der Waals surface area contributed by atoms with E-state index in [2.05, 4.69) is 10.6 Å². The molecule has 7 nitrogen and oxygen atoms in total. The van der Waals surface area contributed by atoms with Crippen molar-refractivity contribution < 1.29 is 14.4 Å². The third-order valence-corrected chi connectivity index (χ3v) is 4.58. The molecule has 0 unspecified atom stereocenters. The number of benzene rings is 1. The van der Waals surface area contributed by atoms with E-state index in [0.717, 1.165) is 11.3 Å². The number of carbonyl (C=O) groups is 3. The SMILES string of the molecule is Cc1ccc(C(=O)NCc2ccc(C(=O)N3CCNC(=O)C3)cc2)n1C. The zero-order valence-corrected chi connectivity index (χ0v) is 14.9. The minimum Gasteiger partial charge on any atom is -0.353 e. The number of nitrogens with one attached hydrogen (secondary N) is 2. The van der Waals surface area contributed by atoms with Gasteiger partial charge in [-0.15, -0.1) is 0 Å². The first kappa shape index (κ1) is 17.7. The van der Waals surface area contributed by atoms with Crippen molar-refractivity contribution in [2.75, 3.05) is 19.6 Å². The van der Waals surface area contributed by atoms with Gasteiger partial charge in [0.1, 0.15) is 5.69 Å². The Morgan fingerprint density at radius 1 is 1.15 bits per heavy atom. The summed E-state index contributed by atoms with van der Waals surface area (Å²) in [5.74, 6) is -0.436. The zero-order valence-electron chi connectivity index (χ0n) is 14.9. The lowest BCUT2D eigenvalue weighted by Gasteiger charge is -2.26. The molecular weight excluding hydrogens is 332 g/mol. The molecule has 3 amide bonds. The molecule has 0 atom stereocenters. The Balaban J connectivity index is 1.59. The molecule has 0 aliphatic carbocycles. The summed E-state index contributed by atoms with van der Waals surface area (Å²) < 4.78 is 1.84. The standard InChI is InChI=1S/C19H22N4O3/c1-13-3-8-16(22(13)2)18(25)21-11-14-4-6-15(7-5-14)19(26)23-10-9-20-17(24)12-23/h3-8H,9-12H2,1-2H3,(H,20,24)(H,21,25). The van der Waals surface area contributed by atoms with Gasteiger partial charge in [-0.25, -0.2) is 0 Å². The van der Waals surface area contributed by atoms with Gasteiger partial charge in [-0.2, -0.15) is 0 Å². The van der Waals surface area contributed by atoms with Crippen molar-refractivity contribution in [3.05, 3.63) is 58.9 Å². The second kappa shape index (κ2) is 7.43. The van der Waals surface area contributed by atoms with Gasteiger partial charge in [0.15, 0.2) is 0 Å². The zero-order chi connectivity index (χ0) is 18.7. The summed E-state index contributed by atoms with van der Waals surface area (Å²) in [6, 6.07) is 10.8. The summed E-state index contributed by atoms with van der Waals surface area (Å²) in [5.41, 5.74) is 3.06. The molecule has 2 aromatic rings. The van der Waals surface area contributed by atoms with Crippen LogP contribution in [0.1, 0.15) is 32.1 Å². The van der Waals surface area contributed by atoms with Gasteiger partial charge in [-0.05, 0) is 36.8 Å². The molecule has 0 saturated carbocycles.